The summed E-state index contributed by atoms with van der Waals surface area (Å²) in [4.78, 5) is 2.30. The zero-order chi connectivity index (χ0) is 10.8. The van der Waals surface area contributed by atoms with E-state index in [4.69, 9.17) is 11.5 Å². The summed E-state index contributed by atoms with van der Waals surface area (Å²) in [6.45, 7) is 6.08. The van der Waals surface area contributed by atoms with E-state index in [2.05, 4.69) is 17.1 Å². The first-order chi connectivity index (χ1) is 7.20. The van der Waals surface area contributed by atoms with E-state index in [9.17, 15) is 0 Å². The second kappa shape index (κ2) is 3.98. The Morgan fingerprint density at radius 2 is 1.87 bits per heavy atom. The predicted octanol–water partition coefficient (Wildman–Crippen LogP) is 0.569. The van der Waals surface area contributed by atoms with Gasteiger partial charge in [-0.25, -0.2) is 0 Å². The van der Waals surface area contributed by atoms with Crippen molar-refractivity contribution in [3.8, 4) is 0 Å². The molecule has 0 saturated carbocycles. The largest absolute Gasteiger partial charge is 0.397 e. The molecule has 1 saturated heterocycles. The van der Waals surface area contributed by atoms with Crippen molar-refractivity contribution < 1.29 is 0 Å². The van der Waals surface area contributed by atoms with Crippen LogP contribution in [-0.2, 0) is 0 Å². The number of nitrogen functional groups attached to an aromatic ring is 2. The Hall–Kier alpha value is -1.42. The molecule has 1 aromatic carbocycles. The number of rotatable bonds is 1. The average molecular weight is 206 g/mol. The molecule has 1 heterocycles. The van der Waals surface area contributed by atoms with Gasteiger partial charge in [0.05, 0.1) is 17.1 Å². The molecule has 15 heavy (non-hydrogen) atoms. The SMILES string of the molecule is Cc1ccc(N)c(N)c1N1CCNCC1. The maximum atomic E-state index is 6.03. The van der Waals surface area contributed by atoms with Crippen LogP contribution < -0.4 is 21.7 Å². The van der Waals surface area contributed by atoms with Gasteiger partial charge >= 0.3 is 0 Å². The number of benzene rings is 1. The van der Waals surface area contributed by atoms with E-state index in [0.29, 0.717) is 5.69 Å². The fourth-order valence-electron chi connectivity index (χ4n) is 2.04. The molecule has 4 nitrogen and oxygen atoms in total. The van der Waals surface area contributed by atoms with E-state index in [1.807, 2.05) is 12.1 Å². The lowest BCUT2D eigenvalue weighted by molar-refractivity contribution is 0.589. The molecule has 1 aliphatic rings. The van der Waals surface area contributed by atoms with Crippen LogP contribution in [0.1, 0.15) is 5.56 Å². The van der Waals surface area contributed by atoms with E-state index in [1.54, 1.807) is 0 Å². The van der Waals surface area contributed by atoms with Gasteiger partial charge < -0.3 is 21.7 Å². The van der Waals surface area contributed by atoms with Gasteiger partial charge in [0.2, 0.25) is 0 Å². The van der Waals surface area contributed by atoms with Crippen LogP contribution in [0.4, 0.5) is 17.1 Å². The molecule has 82 valence electrons. The van der Waals surface area contributed by atoms with E-state index >= 15 is 0 Å². The summed E-state index contributed by atoms with van der Waals surface area (Å²) in [5.74, 6) is 0. The molecular weight excluding hydrogens is 188 g/mol. The highest BCUT2D eigenvalue weighted by molar-refractivity contribution is 5.82. The Balaban J connectivity index is 2.36. The van der Waals surface area contributed by atoms with Crippen LogP contribution in [-0.4, -0.2) is 26.2 Å². The van der Waals surface area contributed by atoms with Gasteiger partial charge in [-0.1, -0.05) is 6.07 Å². The lowest BCUT2D eigenvalue weighted by Gasteiger charge is -2.32. The fourth-order valence-corrected chi connectivity index (χ4v) is 2.04. The minimum Gasteiger partial charge on any atom is -0.397 e. The summed E-state index contributed by atoms with van der Waals surface area (Å²) in [5.41, 5.74) is 15.6. The number of nitrogens with two attached hydrogens (primary N) is 2. The van der Waals surface area contributed by atoms with Crippen LogP contribution >= 0.6 is 0 Å². The first kappa shape index (κ1) is 10.1. The number of anilines is 3. The molecule has 0 aliphatic carbocycles. The van der Waals surface area contributed by atoms with Gasteiger partial charge in [0, 0.05) is 26.2 Å². The smallest absolute Gasteiger partial charge is 0.0788 e. The van der Waals surface area contributed by atoms with Crippen molar-refractivity contribution in [2.75, 3.05) is 42.5 Å². The topological polar surface area (TPSA) is 67.3 Å². The molecule has 0 amide bonds. The Morgan fingerprint density at radius 3 is 2.53 bits per heavy atom. The molecule has 2 rings (SSSR count). The van der Waals surface area contributed by atoms with Crippen LogP contribution in [0.2, 0.25) is 0 Å². The molecule has 0 bridgehead atoms. The molecule has 0 radical (unpaired) electrons. The van der Waals surface area contributed by atoms with Crippen molar-refractivity contribution in [2.45, 2.75) is 6.92 Å². The van der Waals surface area contributed by atoms with Crippen molar-refractivity contribution in [1.29, 1.82) is 0 Å². The van der Waals surface area contributed by atoms with Crippen LogP contribution in [0.25, 0.3) is 0 Å². The molecule has 5 N–H and O–H groups in total. The Labute approximate surface area is 90.2 Å². The average Bonchev–Trinajstić information content (AvgIpc) is 2.26. The summed E-state index contributed by atoms with van der Waals surface area (Å²) in [6, 6.07) is 3.90. The Morgan fingerprint density at radius 1 is 1.20 bits per heavy atom. The number of aryl methyl sites for hydroxylation is 1. The molecule has 0 aromatic heterocycles. The highest BCUT2D eigenvalue weighted by atomic mass is 15.2. The van der Waals surface area contributed by atoms with Crippen molar-refractivity contribution in [3.63, 3.8) is 0 Å². The van der Waals surface area contributed by atoms with Crippen molar-refractivity contribution >= 4 is 17.1 Å². The second-order valence-electron chi connectivity index (χ2n) is 3.97. The molecule has 1 aliphatic heterocycles. The van der Waals surface area contributed by atoms with Gasteiger partial charge in [0.15, 0.2) is 0 Å². The van der Waals surface area contributed by atoms with Crippen molar-refractivity contribution in [1.82, 2.24) is 5.32 Å². The number of hydrogen-bond donors (Lipinski definition) is 3. The maximum absolute atomic E-state index is 6.03. The lowest BCUT2D eigenvalue weighted by Crippen LogP contribution is -2.44. The monoisotopic (exact) mass is 206 g/mol. The summed E-state index contributed by atoms with van der Waals surface area (Å²) in [6.07, 6.45) is 0. The number of piperazine rings is 1. The van der Waals surface area contributed by atoms with Gasteiger partial charge in [-0.05, 0) is 18.6 Å². The quantitative estimate of drug-likeness (QED) is 0.588. The molecule has 1 fully saturated rings. The van der Waals surface area contributed by atoms with E-state index in [-0.39, 0.29) is 0 Å². The number of nitrogens with one attached hydrogen (secondary N) is 1. The Kier molecular flexibility index (Phi) is 2.68. The normalized spacial score (nSPS) is 16.7. The third-order valence-electron chi connectivity index (χ3n) is 2.89. The van der Waals surface area contributed by atoms with E-state index in [0.717, 1.165) is 37.6 Å². The highest BCUT2D eigenvalue weighted by Crippen LogP contribution is 2.32. The molecule has 4 heteroatoms. The van der Waals surface area contributed by atoms with Crippen LogP contribution in [0.15, 0.2) is 12.1 Å². The molecule has 0 atom stereocenters. The zero-order valence-corrected chi connectivity index (χ0v) is 9.09. The van der Waals surface area contributed by atoms with Crippen molar-refractivity contribution in [3.05, 3.63) is 17.7 Å². The first-order valence-electron chi connectivity index (χ1n) is 5.30. The second-order valence-corrected chi connectivity index (χ2v) is 3.97. The van der Waals surface area contributed by atoms with Crippen molar-refractivity contribution in [2.24, 2.45) is 0 Å². The van der Waals surface area contributed by atoms with E-state index < -0.39 is 0 Å². The summed E-state index contributed by atoms with van der Waals surface area (Å²) in [5, 5.41) is 3.32. The van der Waals surface area contributed by atoms with Crippen LogP contribution in [0.3, 0.4) is 0 Å². The zero-order valence-electron chi connectivity index (χ0n) is 9.09. The minimum absolute atomic E-state index is 0.675. The van der Waals surface area contributed by atoms with Gasteiger partial charge in [-0.3, -0.25) is 0 Å². The van der Waals surface area contributed by atoms with E-state index in [1.165, 1.54) is 5.56 Å². The van der Waals surface area contributed by atoms with Crippen LogP contribution in [0.5, 0.6) is 0 Å². The summed E-state index contributed by atoms with van der Waals surface area (Å²) >= 11 is 0. The summed E-state index contributed by atoms with van der Waals surface area (Å²) in [7, 11) is 0. The van der Waals surface area contributed by atoms with Gasteiger partial charge in [-0.2, -0.15) is 0 Å². The minimum atomic E-state index is 0.675. The third-order valence-corrected chi connectivity index (χ3v) is 2.89. The lowest BCUT2D eigenvalue weighted by atomic mass is 10.1. The van der Waals surface area contributed by atoms with Crippen LogP contribution in [0, 0.1) is 6.92 Å². The molecule has 1 aromatic rings. The number of hydrogen-bond acceptors (Lipinski definition) is 4. The standard InChI is InChI=1S/C11H18N4/c1-8-2-3-9(12)10(13)11(8)15-6-4-14-5-7-15/h2-3,14H,4-7,12-13H2,1H3. The third kappa shape index (κ3) is 1.85. The molecule has 0 unspecified atom stereocenters. The van der Waals surface area contributed by atoms with Gasteiger partial charge in [-0.15, -0.1) is 0 Å². The molecular formula is C11H18N4. The Bertz CT molecular complexity index is 356. The fraction of sp³-hybridized carbons (Fsp3) is 0.455. The maximum Gasteiger partial charge on any atom is 0.0788 e. The highest BCUT2D eigenvalue weighted by Gasteiger charge is 2.16. The van der Waals surface area contributed by atoms with Gasteiger partial charge in [0.25, 0.3) is 0 Å². The van der Waals surface area contributed by atoms with Gasteiger partial charge in [0.1, 0.15) is 0 Å². The first-order valence-corrected chi connectivity index (χ1v) is 5.30. The predicted molar refractivity (Wildman–Crippen MR) is 65.1 cm³/mol. The summed E-state index contributed by atoms with van der Waals surface area (Å²) < 4.78 is 0. The number of nitrogens with zero attached hydrogens (tertiary/aromatic N) is 1. The molecule has 0 spiro atoms.